The molecule has 0 saturated carbocycles. The number of rotatable bonds is 7. The largest absolute Gasteiger partial charge is 0.456 e. The zero-order chi connectivity index (χ0) is 20.8. The number of hydrogen-bond donors (Lipinski definition) is 2. The number of nitrogens with one attached hydrogen (secondary N) is 2. The smallest absolute Gasteiger partial charge is 0.321 e. The molecule has 1 heterocycles. The van der Waals surface area contributed by atoms with E-state index in [9.17, 15) is 24.0 Å². The Kier molecular flexibility index (Phi) is 6.86. The molecule has 0 bridgehead atoms. The average Bonchev–Trinajstić information content (AvgIpc) is 2.86. The van der Waals surface area contributed by atoms with E-state index < -0.39 is 36.3 Å². The molecule has 2 N–H and O–H groups in total. The second-order valence-electron chi connectivity index (χ2n) is 6.87. The van der Waals surface area contributed by atoms with E-state index in [4.69, 9.17) is 4.74 Å². The van der Waals surface area contributed by atoms with Gasteiger partial charge in [0, 0.05) is 13.1 Å². The van der Waals surface area contributed by atoms with Crippen LogP contribution in [0.3, 0.4) is 0 Å². The molecule has 9 heteroatoms. The monoisotopic (exact) mass is 389 g/mol. The van der Waals surface area contributed by atoms with Crippen molar-refractivity contribution in [3.05, 3.63) is 34.9 Å². The van der Waals surface area contributed by atoms with Crippen LogP contribution in [0, 0.1) is 12.8 Å². The number of amides is 5. The highest BCUT2D eigenvalue weighted by Gasteiger charge is 2.35. The van der Waals surface area contributed by atoms with Gasteiger partial charge in [0.15, 0.2) is 6.61 Å². The van der Waals surface area contributed by atoms with Crippen LogP contribution in [0.15, 0.2) is 18.2 Å². The van der Waals surface area contributed by atoms with Crippen molar-refractivity contribution in [3.8, 4) is 0 Å². The predicted molar refractivity (Wildman–Crippen MR) is 98.5 cm³/mol. The van der Waals surface area contributed by atoms with Crippen molar-refractivity contribution in [3.63, 3.8) is 0 Å². The summed E-state index contributed by atoms with van der Waals surface area (Å²) in [5, 5.41) is 4.53. The summed E-state index contributed by atoms with van der Waals surface area (Å²) in [6.45, 7) is 5.24. The van der Waals surface area contributed by atoms with Crippen LogP contribution >= 0.6 is 0 Å². The Morgan fingerprint density at radius 2 is 1.79 bits per heavy atom. The van der Waals surface area contributed by atoms with Crippen molar-refractivity contribution in [1.82, 2.24) is 15.5 Å². The van der Waals surface area contributed by atoms with Crippen LogP contribution in [-0.2, 0) is 14.3 Å². The molecule has 0 saturated heterocycles. The molecule has 1 aliphatic rings. The number of esters is 1. The predicted octanol–water partition coefficient (Wildman–Crippen LogP) is 1.01. The molecule has 1 aliphatic heterocycles. The Morgan fingerprint density at radius 1 is 1.11 bits per heavy atom. The summed E-state index contributed by atoms with van der Waals surface area (Å²) < 4.78 is 4.78. The molecule has 0 aromatic heterocycles. The standard InChI is InChI=1S/C19H23N3O6/c1-11(2)9-20-19(27)21-15(23)10-28-16(24)6-7-22-17(25)13-5-4-12(3)8-14(13)18(22)26/h4-5,8,11H,6-7,9-10H2,1-3H3,(H2,20,21,23,27). The van der Waals surface area contributed by atoms with Gasteiger partial charge in [0.2, 0.25) is 0 Å². The van der Waals surface area contributed by atoms with Gasteiger partial charge >= 0.3 is 12.0 Å². The van der Waals surface area contributed by atoms with Crippen molar-refractivity contribution in [2.75, 3.05) is 19.7 Å². The Labute approximate surface area is 162 Å². The third-order valence-corrected chi connectivity index (χ3v) is 3.95. The number of nitrogens with zero attached hydrogens (tertiary/aromatic N) is 1. The van der Waals surface area contributed by atoms with Crippen LogP contribution in [0.4, 0.5) is 4.79 Å². The van der Waals surface area contributed by atoms with E-state index in [0.29, 0.717) is 17.7 Å². The van der Waals surface area contributed by atoms with Crippen LogP contribution in [0.1, 0.15) is 46.5 Å². The molecule has 0 spiro atoms. The highest BCUT2D eigenvalue weighted by Crippen LogP contribution is 2.23. The van der Waals surface area contributed by atoms with E-state index in [2.05, 4.69) is 5.32 Å². The highest BCUT2D eigenvalue weighted by atomic mass is 16.5. The molecular weight excluding hydrogens is 366 g/mol. The lowest BCUT2D eigenvalue weighted by Crippen LogP contribution is -2.42. The van der Waals surface area contributed by atoms with Crippen LogP contribution in [0.5, 0.6) is 0 Å². The topological polar surface area (TPSA) is 122 Å². The number of imide groups is 2. The van der Waals surface area contributed by atoms with Gasteiger partial charge in [-0.05, 0) is 25.0 Å². The van der Waals surface area contributed by atoms with Gasteiger partial charge in [-0.3, -0.25) is 29.4 Å². The summed E-state index contributed by atoms with van der Waals surface area (Å²) in [5.74, 6) is -2.23. The number of aryl methyl sites for hydroxylation is 1. The number of urea groups is 1. The molecule has 150 valence electrons. The van der Waals surface area contributed by atoms with E-state index in [1.165, 1.54) is 0 Å². The fourth-order valence-corrected chi connectivity index (χ4v) is 2.53. The third kappa shape index (κ3) is 5.38. The molecule has 0 atom stereocenters. The molecule has 5 amide bonds. The van der Waals surface area contributed by atoms with Gasteiger partial charge in [0.25, 0.3) is 17.7 Å². The van der Waals surface area contributed by atoms with Gasteiger partial charge in [-0.25, -0.2) is 4.79 Å². The molecule has 2 rings (SSSR count). The number of benzene rings is 1. The summed E-state index contributed by atoms with van der Waals surface area (Å²) >= 11 is 0. The maximum absolute atomic E-state index is 12.3. The normalized spacial score (nSPS) is 12.8. The fraction of sp³-hybridized carbons (Fsp3) is 0.421. The van der Waals surface area contributed by atoms with Gasteiger partial charge in [0.05, 0.1) is 17.5 Å². The molecular formula is C19H23N3O6. The quantitative estimate of drug-likeness (QED) is 0.530. The minimum Gasteiger partial charge on any atom is -0.456 e. The number of ether oxygens (including phenoxy) is 1. The number of fused-ring (bicyclic) bond motifs is 1. The van der Waals surface area contributed by atoms with Gasteiger partial charge in [-0.1, -0.05) is 25.5 Å². The zero-order valence-electron chi connectivity index (χ0n) is 16.0. The Bertz CT molecular complexity index is 818. The number of carbonyl (C=O) groups is 5. The molecule has 28 heavy (non-hydrogen) atoms. The Hall–Kier alpha value is -3.23. The summed E-state index contributed by atoms with van der Waals surface area (Å²) in [6.07, 6.45) is -0.253. The van der Waals surface area contributed by atoms with Gasteiger partial charge in [0.1, 0.15) is 0 Å². The first-order chi connectivity index (χ1) is 13.2. The van der Waals surface area contributed by atoms with Crippen molar-refractivity contribution in [2.24, 2.45) is 5.92 Å². The highest BCUT2D eigenvalue weighted by molar-refractivity contribution is 6.21. The molecule has 0 fully saturated rings. The van der Waals surface area contributed by atoms with Crippen molar-refractivity contribution in [1.29, 1.82) is 0 Å². The summed E-state index contributed by atoms with van der Waals surface area (Å²) in [5.41, 5.74) is 1.46. The third-order valence-electron chi connectivity index (χ3n) is 3.95. The first-order valence-electron chi connectivity index (χ1n) is 8.89. The summed E-state index contributed by atoms with van der Waals surface area (Å²) in [7, 11) is 0. The molecule has 0 aliphatic carbocycles. The fourth-order valence-electron chi connectivity index (χ4n) is 2.53. The lowest BCUT2D eigenvalue weighted by molar-refractivity contribution is -0.148. The van der Waals surface area contributed by atoms with Crippen LogP contribution in [0.2, 0.25) is 0 Å². The van der Waals surface area contributed by atoms with E-state index in [0.717, 1.165) is 10.5 Å². The second-order valence-corrected chi connectivity index (χ2v) is 6.87. The maximum Gasteiger partial charge on any atom is 0.321 e. The second kappa shape index (κ2) is 9.12. The van der Waals surface area contributed by atoms with E-state index >= 15 is 0 Å². The van der Waals surface area contributed by atoms with Gasteiger partial charge < -0.3 is 10.1 Å². The van der Waals surface area contributed by atoms with Gasteiger partial charge in [-0.15, -0.1) is 0 Å². The average molecular weight is 389 g/mol. The van der Waals surface area contributed by atoms with Crippen molar-refractivity contribution < 1.29 is 28.7 Å². The Balaban J connectivity index is 1.76. The molecule has 9 nitrogen and oxygen atoms in total. The molecule has 1 aromatic rings. The molecule has 1 aromatic carbocycles. The minimum absolute atomic E-state index is 0.152. The van der Waals surface area contributed by atoms with Crippen LogP contribution in [0.25, 0.3) is 0 Å². The zero-order valence-corrected chi connectivity index (χ0v) is 16.0. The molecule has 0 radical (unpaired) electrons. The van der Waals surface area contributed by atoms with Crippen molar-refractivity contribution >= 4 is 29.7 Å². The van der Waals surface area contributed by atoms with E-state index in [-0.39, 0.29) is 18.9 Å². The van der Waals surface area contributed by atoms with Crippen LogP contribution in [-0.4, -0.2) is 54.3 Å². The van der Waals surface area contributed by atoms with Crippen LogP contribution < -0.4 is 10.6 Å². The number of carbonyl (C=O) groups excluding carboxylic acids is 5. The van der Waals surface area contributed by atoms with E-state index in [1.807, 2.05) is 26.1 Å². The first kappa shape index (κ1) is 21.1. The van der Waals surface area contributed by atoms with Crippen molar-refractivity contribution in [2.45, 2.75) is 27.2 Å². The lowest BCUT2D eigenvalue weighted by atomic mass is 10.1. The molecule has 0 unspecified atom stereocenters. The Morgan fingerprint density at radius 3 is 2.46 bits per heavy atom. The maximum atomic E-state index is 12.3. The SMILES string of the molecule is Cc1ccc2c(c1)C(=O)N(CCC(=O)OCC(=O)NC(=O)NCC(C)C)C2=O. The van der Waals surface area contributed by atoms with E-state index in [1.54, 1.807) is 18.2 Å². The first-order valence-corrected chi connectivity index (χ1v) is 8.89. The minimum atomic E-state index is -0.772. The number of hydrogen-bond acceptors (Lipinski definition) is 6. The van der Waals surface area contributed by atoms with Gasteiger partial charge in [-0.2, -0.15) is 0 Å². The summed E-state index contributed by atoms with van der Waals surface area (Å²) in [4.78, 5) is 60.4. The summed E-state index contributed by atoms with van der Waals surface area (Å²) in [6, 6.07) is 4.27. The lowest BCUT2D eigenvalue weighted by Gasteiger charge is -2.13.